The Kier molecular flexibility index (Phi) is 3.17. The fourth-order valence-electron chi connectivity index (χ4n) is 3.80. The average molecular weight is 339 g/mol. The lowest BCUT2D eigenvalue weighted by Gasteiger charge is -2.21. The third kappa shape index (κ3) is 2.32. The van der Waals surface area contributed by atoms with Gasteiger partial charge >= 0.3 is 0 Å². The molecule has 1 amide bonds. The highest BCUT2D eigenvalue weighted by atomic mass is 32.1. The number of rotatable bonds is 3. The van der Waals surface area contributed by atoms with Crippen LogP contribution in [0, 0.1) is 0 Å². The van der Waals surface area contributed by atoms with Gasteiger partial charge in [0.05, 0.1) is 11.0 Å². The van der Waals surface area contributed by atoms with E-state index >= 15 is 0 Å². The van der Waals surface area contributed by atoms with Crippen molar-refractivity contribution in [3.05, 3.63) is 42.7 Å². The van der Waals surface area contributed by atoms with Gasteiger partial charge in [0.2, 0.25) is 0 Å². The Morgan fingerprint density at radius 1 is 1.38 bits per heavy atom. The van der Waals surface area contributed by atoms with Gasteiger partial charge in [-0.25, -0.2) is 9.97 Å². The zero-order valence-corrected chi connectivity index (χ0v) is 13.8. The molecule has 0 unspecified atom stereocenters. The van der Waals surface area contributed by atoms with Gasteiger partial charge in [-0.05, 0) is 36.8 Å². The van der Waals surface area contributed by atoms with Crippen LogP contribution in [0.4, 0.5) is 0 Å². The van der Waals surface area contributed by atoms with Crippen LogP contribution < -0.4 is 10.6 Å². The summed E-state index contributed by atoms with van der Waals surface area (Å²) in [6, 6.07) is 5.18. The second-order valence-electron chi connectivity index (χ2n) is 6.53. The standard InChI is InChI=1S/C17H17N5OS/c23-17(21-13-7-11-1-2-12(13)20-11)14-5-10-6-16(22-4-3-18-9-22)24-15(10)8-19-14/h3-6,8-9,11-13,20H,1-2,7H2,(H,21,23)/t11-,12+,13-/m1/s1. The molecule has 122 valence electrons. The molecule has 3 aromatic rings. The van der Waals surface area contributed by atoms with Crippen molar-refractivity contribution in [2.45, 2.75) is 37.4 Å². The van der Waals surface area contributed by atoms with E-state index in [0.29, 0.717) is 17.8 Å². The first kappa shape index (κ1) is 14.1. The van der Waals surface area contributed by atoms with Crippen molar-refractivity contribution in [2.75, 3.05) is 0 Å². The van der Waals surface area contributed by atoms with Gasteiger partial charge in [-0.2, -0.15) is 0 Å². The molecule has 2 bridgehead atoms. The molecule has 5 rings (SSSR count). The van der Waals surface area contributed by atoms with Crippen LogP contribution in [0.25, 0.3) is 15.1 Å². The number of nitrogens with zero attached hydrogens (tertiary/aromatic N) is 3. The molecular formula is C17H17N5OS. The SMILES string of the molecule is O=C(N[C@@H]1C[C@H]2CC[C@@H]1N2)c1cc2cc(-n3ccnc3)sc2cn1. The number of pyridine rings is 1. The van der Waals surface area contributed by atoms with E-state index in [9.17, 15) is 4.79 Å². The molecule has 2 fully saturated rings. The third-order valence-corrected chi connectivity index (χ3v) is 6.10. The largest absolute Gasteiger partial charge is 0.346 e. The maximum absolute atomic E-state index is 12.5. The summed E-state index contributed by atoms with van der Waals surface area (Å²) in [5, 5.41) is 8.80. The summed E-state index contributed by atoms with van der Waals surface area (Å²) in [6.07, 6.45) is 10.6. The molecule has 5 heterocycles. The Hall–Kier alpha value is -2.25. The predicted molar refractivity (Wildman–Crippen MR) is 92.6 cm³/mol. The Labute approximate surface area is 142 Å². The summed E-state index contributed by atoms with van der Waals surface area (Å²) in [7, 11) is 0. The molecule has 7 heteroatoms. The van der Waals surface area contributed by atoms with E-state index in [2.05, 4.69) is 26.7 Å². The number of carbonyl (C=O) groups is 1. The van der Waals surface area contributed by atoms with Crippen molar-refractivity contribution < 1.29 is 4.79 Å². The number of fused-ring (bicyclic) bond motifs is 3. The van der Waals surface area contributed by atoms with Crippen molar-refractivity contribution in [1.29, 1.82) is 0 Å². The first-order valence-corrected chi connectivity index (χ1v) is 9.03. The van der Waals surface area contributed by atoms with E-state index in [4.69, 9.17) is 0 Å². The Morgan fingerprint density at radius 2 is 2.33 bits per heavy atom. The van der Waals surface area contributed by atoms with Crippen molar-refractivity contribution in [3.63, 3.8) is 0 Å². The number of hydrogen-bond donors (Lipinski definition) is 2. The molecule has 24 heavy (non-hydrogen) atoms. The average Bonchev–Trinajstić information content (AvgIpc) is 3.35. The molecule has 2 aliphatic rings. The van der Waals surface area contributed by atoms with Gasteiger partial charge in [0.25, 0.3) is 5.91 Å². The highest BCUT2D eigenvalue weighted by Gasteiger charge is 2.39. The Morgan fingerprint density at radius 3 is 3.08 bits per heavy atom. The molecule has 0 spiro atoms. The van der Waals surface area contributed by atoms with E-state index < -0.39 is 0 Å². The van der Waals surface area contributed by atoms with E-state index in [1.165, 1.54) is 6.42 Å². The molecule has 0 aliphatic carbocycles. The van der Waals surface area contributed by atoms with Crippen LogP contribution in [0.15, 0.2) is 37.1 Å². The molecule has 3 atom stereocenters. The summed E-state index contributed by atoms with van der Waals surface area (Å²) in [5.41, 5.74) is 0.486. The Bertz CT molecular complexity index is 903. The fraction of sp³-hybridized carbons (Fsp3) is 0.353. The zero-order valence-electron chi connectivity index (χ0n) is 13.0. The monoisotopic (exact) mass is 339 g/mol. The lowest BCUT2D eigenvalue weighted by Crippen LogP contribution is -2.43. The molecule has 0 radical (unpaired) electrons. The fourth-order valence-corrected chi connectivity index (χ4v) is 4.76. The minimum Gasteiger partial charge on any atom is -0.346 e. The van der Waals surface area contributed by atoms with Gasteiger partial charge < -0.3 is 10.6 Å². The van der Waals surface area contributed by atoms with Crippen LogP contribution in [0.3, 0.4) is 0 Å². The molecule has 2 aliphatic heterocycles. The number of aromatic nitrogens is 3. The van der Waals surface area contributed by atoms with Crippen LogP contribution >= 0.6 is 11.3 Å². The topological polar surface area (TPSA) is 71.8 Å². The molecule has 6 nitrogen and oxygen atoms in total. The van der Waals surface area contributed by atoms with E-state index in [1.54, 1.807) is 30.1 Å². The molecule has 2 saturated heterocycles. The van der Waals surface area contributed by atoms with Gasteiger partial charge in [-0.3, -0.25) is 9.36 Å². The maximum atomic E-state index is 12.5. The number of carbonyl (C=O) groups excluding carboxylic acids is 1. The lowest BCUT2D eigenvalue weighted by molar-refractivity contribution is 0.0926. The minimum absolute atomic E-state index is 0.0772. The number of thiophene rings is 1. The lowest BCUT2D eigenvalue weighted by atomic mass is 9.95. The summed E-state index contributed by atoms with van der Waals surface area (Å²) in [6.45, 7) is 0. The highest BCUT2D eigenvalue weighted by Crippen LogP contribution is 2.30. The second kappa shape index (κ2) is 5.39. The quantitative estimate of drug-likeness (QED) is 0.767. The smallest absolute Gasteiger partial charge is 0.270 e. The van der Waals surface area contributed by atoms with Crippen LogP contribution in [0.5, 0.6) is 0 Å². The summed E-state index contributed by atoms with van der Waals surface area (Å²) < 4.78 is 3.03. The number of nitrogens with one attached hydrogen (secondary N) is 2. The van der Waals surface area contributed by atoms with Crippen molar-refractivity contribution in [3.8, 4) is 5.00 Å². The minimum atomic E-state index is -0.0772. The third-order valence-electron chi connectivity index (χ3n) is 5.00. The normalized spacial score (nSPS) is 25.4. The van der Waals surface area contributed by atoms with Crippen LogP contribution in [0.1, 0.15) is 29.8 Å². The van der Waals surface area contributed by atoms with Crippen molar-refractivity contribution in [2.24, 2.45) is 0 Å². The van der Waals surface area contributed by atoms with Gasteiger partial charge in [0.15, 0.2) is 0 Å². The summed E-state index contributed by atoms with van der Waals surface area (Å²) in [4.78, 5) is 21.0. The van der Waals surface area contributed by atoms with Crippen LogP contribution in [-0.4, -0.2) is 38.6 Å². The second-order valence-corrected chi connectivity index (χ2v) is 7.59. The molecule has 2 N–H and O–H groups in total. The van der Waals surface area contributed by atoms with Gasteiger partial charge in [0.1, 0.15) is 10.7 Å². The molecular weight excluding hydrogens is 322 g/mol. The molecule has 0 aromatic carbocycles. The molecule has 3 aromatic heterocycles. The van der Waals surface area contributed by atoms with Gasteiger partial charge in [-0.1, -0.05) is 0 Å². The van der Waals surface area contributed by atoms with Crippen molar-refractivity contribution in [1.82, 2.24) is 25.2 Å². The van der Waals surface area contributed by atoms with Crippen LogP contribution in [0.2, 0.25) is 0 Å². The Balaban J connectivity index is 1.39. The first-order valence-electron chi connectivity index (χ1n) is 8.21. The van der Waals surface area contributed by atoms with Crippen molar-refractivity contribution >= 4 is 27.3 Å². The number of imidazole rings is 1. The highest BCUT2D eigenvalue weighted by molar-refractivity contribution is 7.21. The van der Waals surface area contributed by atoms with E-state index in [1.807, 2.05) is 16.8 Å². The molecule has 0 saturated carbocycles. The van der Waals surface area contributed by atoms with Gasteiger partial charge in [-0.15, -0.1) is 11.3 Å². The van der Waals surface area contributed by atoms with E-state index in [0.717, 1.165) is 27.9 Å². The number of amides is 1. The zero-order chi connectivity index (χ0) is 16.1. The first-order chi connectivity index (χ1) is 11.8. The van der Waals surface area contributed by atoms with Crippen LogP contribution in [-0.2, 0) is 0 Å². The maximum Gasteiger partial charge on any atom is 0.270 e. The summed E-state index contributed by atoms with van der Waals surface area (Å²) >= 11 is 1.64. The van der Waals surface area contributed by atoms with E-state index in [-0.39, 0.29) is 11.9 Å². The predicted octanol–water partition coefficient (Wildman–Crippen LogP) is 2.10. The van der Waals surface area contributed by atoms with Gasteiger partial charge in [0, 0.05) is 36.7 Å². The summed E-state index contributed by atoms with van der Waals surface area (Å²) in [5.74, 6) is -0.0772. The number of hydrogen-bond acceptors (Lipinski definition) is 5.